The van der Waals surface area contributed by atoms with Gasteiger partial charge in [0.05, 0.1) is 11.0 Å². The molecule has 0 unspecified atom stereocenters. The molecule has 5 heteroatoms. The average molecular weight is 658 g/mol. The number of nitrogens with zero attached hydrogens (tertiary/aromatic N) is 4. The minimum absolute atomic E-state index is 0. The number of pyridine rings is 2. The largest absolute Gasteiger partial charge is 2.00 e. The monoisotopic (exact) mass is 657 g/mol. The van der Waals surface area contributed by atoms with E-state index < -0.39 is 0 Å². The van der Waals surface area contributed by atoms with Crippen molar-refractivity contribution in [2.45, 2.75) is 19.3 Å². The standard InChI is InChI=1S/C32H22N4.Pt/c1-32(2,24-9-5-7-23(19-24)31-34-25-10-3-4-11-26(25)35-31)27-17-16-22-15-13-20-12-14-21-8-6-18-33-29(21)28(20)30(22)36-27;/h3-18H,1-2H3;/q-2;+2. The van der Waals surface area contributed by atoms with Gasteiger partial charge in [0.15, 0.2) is 0 Å². The van der Waals surface area contributed by atoms with Crippen molar-refractivity contribution in [3.63, 3.8) is 0 Å². The van der Waals surface area contributed by atoms with Crippen LogP contribution in [-0.4, -0.2) is 15.0 Å². The van der Waals surface area contributed by atoms with Crippen molar-refractivity contribution in [2.75, 3.05) is 0 Å². The Kier molecular flexibility index (Phi) is 5.66. The van der Waals surface area contributed by atoms with E-state index in [1.165, 1.54) is 0 Å². The number of imidazole rings is 1. The van der Waals surface area contributed by atoms with Crippen LogP contribution in [0.4, 0.5) is 0 Å². The van der Waals surface area contributed by atoms with Gasteiger partial charge in [-0.05, 0) is 28.6 Å². The fourth-order valence-corrected chi connectivity index (χ4v) is 5.01. The summed E-state index contributed by atoms with van der Waals surface area (Å²) in [6, 6.07) is 34.7. The molecule has 7 aromatic rings. The fourth-order valence-electron chi connectivity index (χ4n) is 5.01. The Bertz CT molecular complexity index is 1900. The molecule has 4 nitrogen and oxygen atoms in total. The van der Waals surface area contributed by atoms with Crippen LogP contribution >= 0.6 is 0 Å². The van der Waals surface area contributed by atoms with Gasteiger partial charge in [-0.15, -0.1) is 35.7 Å². The van der Waals surface area contributed by atoms with Crippen molar-refractivity contribution in [1.82, 2.24) is 19.9 Å². The van der Waals surface area contributed by atoms with Gasteiger partial charge in [-0.25, -0.2) is 0 Å². The molecule has 0 aliphatic rings. The van der Waals surface area contributed by atoms with E-state index in [1.54, 1.807) is 0 Å². The van der Waals surface area contributed by atoms with Crippen LogP contribution < -0.4 is 4.98 Å². The maximum atomic E-state index is 5.25. The second kappa shape index (κ2) is 8.90. The van der Waals surface area contributed by atoms with E-state index in [2.05, 4.69) is 74.5 Å². The van der Waals surface area contributed by atoms with Gasteiger partial charge >= 0.3 is 21.1 Å². The third-order valence-electron chi connectivity index (χ3n) is 7.10. The van der Waals surface area contributed by atoms with Gasteiger partial charge in [0.2, 0.25) is 0 Å². The first-order valence-electron chi connectivity index (χ1n) is 12.1. The number of hydrogen-bond acceptors (Lipinski definition) is 3. The summed E-state index contributed by atoms with van der Waals surface area (Å²) < 4.78 is 0. The van der Waals surface area contributed by atoms with Crippen molar-refractivity contribution in [2.24, 2.45) is 0 Å². The number of benzene rings is 4. The third-order valence-corrected chi connectivity index (χ3v) is 7.10. The molecule has 0 radical (unpaired) electrons. The topological polar surface area (TPSA) is 52.8 Å². The summed E-state index contributed by atoms with van der Waals surface area (Å²) in [5, 5.41) is 4.46. The molecule has 0 amide bonds. The van der Waals surface area contributed by atoms with Crippen LogP contribution in [0, 0.1) is 6.07 Å². The number of rotatable bonds is 3. The van der Waals surface area contributed by atoms with Gasteiger partial charge in [-0.2, -0.15) is 5.56 Å². The van der Waals surface area contributed by atoms with Crippen LogP contribution in [0.2, 0.25) is 0 Å². The Morgan fingerprint density at radius 1 is 0.703 bits per heavy atom. The second-order valence-corrected chi connectivity index (χ2v) is 9.71. The summed E-state index contributed by atoms with van der Waals surface area (Å²) in [7, 11) is 0. The molecule has 180 valence electrons. The molecule has 0 atom stereocenters. The molecule has 0 aliphatic heterocycles. The molecule has 0 N–H and O–H groups in total. The predicted molar refractivity (Wildman–Crippen MR) is 146 cm³/mol. The van der Waals surface area contributed by atoms with Crippen LogP contribution in [0.15, 0.2) is 97.2 Å². The maximum Gasteiger partial charge on any atom is 2.00 e. The number of fused-ring (bicyclic) bond motifs is 6. The zero-order valence-corrected chi connectivity index (χ0v) is 22.6. The van der Waals surface area contributed by atoms with Crippen LogP contribution in [0.1, 0.15) is 25.1 Å². The predicted octanol–water partition coefficient (Wildman–Crippen LogP) is 7.23. The summed E-state index contributed by atoms with van der Waals surface area (Å²) in [6.45, 7) is 4.39. The van der Waals surface area contributed by atoms with Gasteiger partial charge in [-0.1, -0.05) is 74.5 Å². The quantitative estimate of drug-likeness (QED) is 0.149. The molecular weight excluding hydrogens is 635 g/mol. The van der Waals surface area contributed by atoms with E-state index in [4.69, 9.17) is 19.9 Å². The normalized spacial score (nSPS) is 11.8. The van der Waals surface area contributed by atoms with Crippen molar-refractivity contribution in [3.8, 4) is 11.4 Å². The van der Waals surface area contributed by atoms with Crippen LogP contribution in [0.5, 0.6) is 0 Å². The second-order valence-electron chi connectivity index (χ2n) is 9.71. The van der Waals surface area contributed by atoms with E-state index in [9.17, 15) is 0 Å². The summed E-state index contributed by atoms with van der Waals surface area (Å²) >= 11 is 0. The van der Waals surface area contributed by atoms with Crippen LogP contribution in [0.3, 0.4) is 0 Å². The summed E-state index contributed by atoms with van der Waals surface area (Å²) in [6.07, 6.45) is 1.85. The van der Waals surface area contributed by atoms with Gasteiger partial charge in [0.25, 0.3) is 0 Å². The first-order chi connectivity index (χ1) is 17.6. The van der Waals surface area contributed by atoms with Crippen LogP contribution in [0.25, 0.3) is 55.0 Å². The van der Waals surface area contributed by atoms with E-state index >= 15 is 0 Å². The Morgan fingerprint density at radius 2 is 1.46 bits per heavy atom. The molecule has 0 fully saturated rings. The average Bonchev–Trinajstić information content (AvgIpc) is 3.37. The van der Waals surface area contributed by atoms with E-state index in [1.807, 2.05) is 42.6 Å². The molecule has 0 spiro atoms. The fraction of sp³-hybridized carbons (Fsp3) is 0.0938. The molecule has 3 aromatic heterocycles. The number of hydrogen-bond donors (Lipinski definition) is 0. The number of aromatic nitrogens is 4. The summed E-state index contributed by atoms with van der Waals surface area (Å²) in [5.41, 5.74) is 6.29. The molecule has 7 rings (SSSR count). The van der Waals surface area contributed by atoms with Crippen molar-refractivity contribution < 1.29 is 21.1 Å². The molecular formula is C32H22N4Pt. The first kappa shape index (κ1) is 23.5. The number of para-hydroxylation sites is 2. The molecule has 0 saturated heterocycles. The van der Waals surface area contributed by atoms with E-state index in [0.29, 0.717) is 5.82 Å². The van der Waals surface area contributed by atoms with Gasteiger partial charge in [0, 0.05) is 33.5 Å². The molecule has 0 bridgehead atoms. The Labute approximate surface area is 229 Å². The van der Waals surface area contributed by atoms with Gasteiger partial charge < -0.3 is 9.97 Å². The van der Waals surface area contributed by atoms with Crippen LogP contribution in [-0.2, 0) is 26.5 Å². The molecule has 4 aromatic carbocycles. The zero-order chi connectivity index (χ0) is 24.3. The van der Waals surface area contributed by atoms with Gasteiger partial charge in [-0.3, -0.25) is 9.97 Å². The van der Waals surface area contributed by atoms with Crippen molar-refractivity contribution in [3.05, 3.63) is 115 Å². The van der Waals surface area contributed by atoms with Crippen molar-refractivity contribution in [1.29, 1.82) is 0 Å². The molecule has 0 saturated carbocycles. The Balaban J connectivity index is 0.00000252. The first-order valence-corrected chi connectivity index (χ1v) is 12.1. The summed E-state index contributed by atoms with van der Waals surface area (Å²) in [4.78, 5) is 19.4. The SMILES string of the molecule is CC(C)(c1[c-]c(-c2nc3ccccc3[n-]2)ccc1)c1ccc2ccc3ccc4cccnc4c3c2n1.[Pt+2]. The third kappa shape index (κ3) is 3.84. The minimum atomic E-state index is -0.379. The van der Waals surface area contributed by atoms with E-state index in [-0.39, 0.29) is 26.5 Å². The summed E-state index contributed by atoms with van der Waals surface area (Å²) in [5.74, 6) is 0.698. The smallest absolute Gasteiger partial charge is 0.483 e. The zero-order valence-electron chi connectivity index (χ0n) is 20.3. The Morgan fingerprint density at radius 3 is 2.30 bits per heavy atom. The minimum Gasteiger partial charge on any atom is -0.483 e. The Hall–Kier alpha value is -3.88. The molecule has 37 heavy (non-hydrogen) atoms. The molecule has 3 heterocycles. The van der Waals surface area contributed by atoms with E-state index in [0.717, 1.165) is 60.4 Å². The maximum absolute atomic E-state index is 5.25. The van der Waals surface area contributed by atoms with Gasteiger partial charge in [0.1, 0.15) is 0 Å². The van der Waals surface area contributed by atoms with Crippen molar-refractivity contribution >= 4 is 43.6 Å². The molecule has 0 aliphatic carbocycles.